The molecule has 0 aromatic rings. The molecular weight excluding hydrogens is 945 g/mol. The van der Waals surface area contributed by atoms with E-state index in [1.54, 1.807) is 86.8 Å². The molecule has 21 heteroatoms. The van der Waals surface area contributed by atoms with Crippen LogP contribution in [0.4, 0.5) is 0 Å². The van der Waals surface area contributed by atoms with E-state index in [4.69, 9.17) is 24.7 Å². The number of esters is 2. The summed E-state index contributed by atoms with van der Waals surface area (Å²) in [6, 6.07) is -2.75. The summed E-state index contributed by atoms with van der Waals surface area (Å²) >= 11 is 0. The van der Waals surface area contributed by atoms with Crippen LogP contribution in [-0.2, 0) is 38.1 Å². The number of ether oxygens (including phenoxy) is 5. The van der Waals surface area contributed by atoms with E-state index in [1.807, 2.05) is 13.0 Å². The minimum Gasteiger partial charge on any atom is -0.467 e. The lowest BCUT2D eigenvalue weighted by Crippen LogP contribution is -2.62. The zero-order valence-corrected chi connectivity index (χ0v) is 41.7. The molecule has 3 rings (SSSR count). The van der Waals surface area contributed by atoms with E-state index >= 15 is 0 Å². The highest BCUT2D eigenvalue weighted by Gasteiger charge is 2.51. The lowest BCUT2D eigenvalue weighted by atomic mass is 9.82. The van der Waals surface area contributed by atoms with Gasteiger partial charge in [0.2, 0.25) is 5.91 Å². The Morgan fingerprint density at radius 1 is 0.722 bits per heavy atom. The lowest BCUT2D eigenvalue weighted by molar-refractivity contribution is -0.308. The molecule has 3 aliphatic rings. The van der Waals surface area contributed by atoms with E-state index in [9.17, 15) is 70.6 Å². The van der Waals surface area contributed by atoms with Crippen molar-refractivity contribution in [1.82, 2.24) is 5.32 Å². The zero-order chi connectivity index (χ0) is 53.7. The number of methoxy groups -OCH3 is 1. The molecule has 1 amide bonds. The van der Waals surface area contributed by atoms with Crippen LogP contribution in [0.3, 0.4) is 0 Å². The van der Waals surface area contributed by atoms with Gasteiger partial charge in [-0.2, -0.15) is 0 Å². The molecule has 2 saturated heterocycles. The Bertz CT molecular complexity index is 1870. The van der Waals surface area contributed by atoms with Gasteiger partial charge in [-0.05, 0) is 39.5 Å². The van der Waals surface area contributed by atoms with E-state index < -0.39 is 159 Å². The molecule has 0 unspecified atom stereocenters. The molecule has 2 fully saturated rings. The number of amides is 1. The second-order valence-electron chi connectivity index (χ2n) is 19.0. The largest absolute Gasteiger partial charge is 0.467 e. The third-order valence-electron chi connectivity index (χ3n) is 13.0. The van der Waals surface area contributed by atoms with Crippen LogP contribution >= 0.6 is 0 Å². The van der Waals surface area contributed by atoms with Crippen LogP contribution in [0.2, 0.25) is 0 Å². The van der Waals surface area contributed by atoms with Gasteiger partial charge in [0.05, 0.1) is 99.2 Å². The maximum Gasteiger partial charge on any atom is 0.330 e. The van der Waals surface area contributed by atoms with Crippen molar-refractivity contribution in [1.29, 1.82) is 0 Å². The van der Waals surface area contributed by atoms with Gasteiger partial charge in [0, 0.05) is 31.1 Å². The van der Waals surface area contributed by atoms with Gasteiger partial charge < -0.3 is 90.9 Å². The molecule has 3 heterocycles. The SMILES string of the molecule is COC(=O)[C@H](CO)NC(=O)[C@H]1[C@@H]2C[C@@H](O[C@@H]3O[C@H](C)[C@@H](O)[C@H](N)[C@@H]3O)/C=C/C=C/C=C/C=C/C=C/C=C/C=C/[C@H](C)[C@@H](O)[C@@H](C)[C@H](C)OC(=O)C[C@H](O)C[C@H](O)C[C@H](O)CC[C@@H](O)[C@H](O)C[C@](O)(C[C@@H]1O)O2. The van der Waals surface area contributed by atoms with Crippen LogP contribution in [0.5, 0.6) is 0 Å². The van der Waals surface area contributed by atoms with Crippen LogP contribution in [0.15, 0.2) is 85.1 Å². The normalized spacial score (nSPS) is 42.5. The maximum absolute atomic E-state index is 13.9. The third-order valence-corrected chi connectivity index (χ3v) is 13.0. The summed E-state index contributed by atoms with van der Waals surface area (Å²) in [7, 11) is 1.04. The molecule has 14 N–H and O–H groups in total. The number of cyclic esters (lactones) is 1. The average molecular weight is 1030 g/mol. The van der Waals surface area contributed by atoms with E-state index in [1.165, 1.54) is 13.0 Å². The zero-order valence-electron chi connectivity index (χ0n) is 41.7. The van der Waals surface area contributed by atoms with Gasteiger partial charge in [-0.25, -0.2) is 4.79 Å². The Balaban J connectivity index is 1.97. The molecule has 2 bridgehead atoms. The third kappa shape index (κ3) is 20.4. The highest BCUT2D eigenvalue weighted by molar-refractivity contribution is 5.86. The van der Waals surface area contributed by atoms with Gasteiger partial charge in [0.25, 0.3) is 0 Å². The molecule has 0 aromatic carbocycles. The molecule has 3 aliphatic heterocycles. The number of aliphatic hydroxyl groups is 11. The van der Waals surface area contributed by atoms with Crippen molar-refractivity contribution in [3.05, 3.63) is 85.1 Å². The quantitative estimate of drug-likeness (QED) is 0.146. The number of rotatable bonds is 6. The number of nitrogens with one attached hydrogen (secondary N) is 1. The van der Waals surface area contributed by atoms with Crippen LogP contribution in [-0.4, -0.2) is 191 Å². The first kappa shape index (κ1) is 62.3. The van der Waals surface area contributed by atoms with Crippen LogP contribution in [0, 0.1) is 17.8 Å². The average Bonchev–Trinajstić information content (AvgIpc) is 3.31. The summed E-state index contributed by atoms with van der Waals surface area (Å²) in [6.45, 7) is 5.82. The summed E-state index contributed by atoms with van der Waals surface area (Å²) < 4.78 is 28.2. The van der Waals surface area contributed by atoms with E-state index in [0.717, 1.165) is 7.11 Å². The monoisotopic (exact) mass is 1020 g/mol. The predicted molar refractivity (Wildman–Crippen MR) is 260 cm³/mol. The van der Waals surface area contributed by atoms with Crippen LogP contribution in [0.1, 0.15) is 79.1 Å². The summed E-state index contributed by atoms with van der Waals surface area (Å²) in [4.78, 5) is 38.9. The smallest absolute Gasteiger partial charge is 0.330 e. The molecule has 0 aliphatic carbocycles. The van der Waals surface area contributed by atoms with Crippen molar-refractivity contribution in [2.75, 3.05) is 13.7 Å². The Labute approximate surface area is 421 Å². The first-order valence-electron chi connectivity index (χ1n) is 24.5. The first-order valence-corrected chi connectivity index (χ1v) is 24.5. The molecule has 0 aromatic heterocycles. The number of hydrogen-bond acceptors (Lipinski definition) is 20. The number of carbonyl (C=O) groups excluding carboxylic acids is 3. The molecule has 20 atom stereocenters. The topological polar surface area (TPSA) is 358 Å². The summed E-state index contributed by atoms with van der Waals surface area (Å²) in [5, 5.41) is 122. The summed E-state index contributed by atoms with van der Waals surface area (Å²) in [5.74, 6) is -7.55. The van der Waals surface area contributed by atoms with Gasteiger partial charge in [0.1, 0.15) is 12.2 Å². The van der Waals surface area contributed by atoms with Gasteiger partial charge in [-0.3, -0.25) is 9.59 Å². The molecule has 0 saturated carbocycles. The highest BCUT2D eigenvalue weighted by Crippen LogP contribution is 2.38. The van der Waals surface area contributed by atoms with Crippen molar-refractivity contribution in [3.63, 3.8) is 0 Å². The lowest BCUT2D eigenvalue weighted by Gasteiger charge is -2.46. The van der Waals surface area contributed by atoms with Gasteiger partial charge in [0.15, 0.2) is 18.1 Å². The Kier molecular flexibility index (Phi) is 26.8. The Hall–Kier alpha value is -4.01. The highest BCUT2D eigenvalue weighted by atomic mass is 16.7. The van der Waals surface area contributed by atoms with Gasteiger partial charge in [-0.15, -0.1) is 0 Å². The van der Waals surface area contributed by atoms with Crippen molar-refractivity contribution in [2.24, 2.45) is 23.5 Å². The fraction of sp³-hybridized carbons (Fsp3) is 0.667. The van der Waals surface area contributed by atoms with Gasteiger partial charge in [-0.1, -0.05) is 98.9 Å². The molecular formula is C51H80N2O19. The minimum atomic E-state index is -2.44. The maximum atomic E-state index is 13.9. The van der Waals surface area contributed by atoms with Crippen LogP contribution < -0.4 is 11.1 Å². The minimum absolute atomic E-state index is 0.175. The number of fused-ring (bicyclic) bond motifs is 2. The number of hydrogen-bond donors (Lipinski definition) is 13. The predicted octanol–water partition coefficient (Wildman–Crippen LogP) is -0.723. The first-order chi connectivity index (χ1) is 34.0. The van der Waals surface area contributed by atoms with E-state index in [2.05, 4.69) is 10.1 Å². The van der Waals surface area contributed by atoms with Crippen molar-refractivity contribution in [3.8, 4) is 0 Å². The number of carbonyl (C=O) groups is 3. The fourth-order valence-corrected chi connectivity index (χ4v) is 8.56. The number of nitrogens with two attached hydrogens (primary N) is 1. The summed E-state index contributed by atoms with van der Waals surface area (Å²) in [5.41, 5.74) is 6.08. The molecule has 0 radical (unpaired) electrons. The number of allylic oxidation sites excluding steroid dienone is 12. The van der Waals surface area contributed by atoms with Crippen LogP contribution in [0.25, 0.3) is 0 Å². The van der Waals surface area contributed by atoms with Crippen molar-refractivity contribution in [2.45, 2.75) is 183 Å². The van der Waals surface area contributed by atoms with Crippen molar-refractivity contribution >= 4 is 17.8 Å². The standard InChI is InChI=1S/C51H80N2O19/c1-29-18-16-14-12-10-8-6-7-9-11-13-15-17-19-36(71-50-47(64)44(52)46(63)32(4)70-50)25-41-43(48(65)53-37(28-54)49(66)68-5)40(60)27-51(67,72-41)26-39(59)38(58)21-20-33(55)22-34(56)23-35(57)24-42(61)69-31(3)30(2)45(29)62/h6-19,29-41,43-47,50,54-60,62-64,67H,20-28,52H2,1-5H3,(H,53,65)/b7-6+,10-8+,11-9+,14-12+,15-13+,18-16+,19-17+/t29-,30-,31-,32+,33+,34+,35+,36-,37-,38+,39+,40-,41-,43+,44-,45+,46+,47-,50-,51+/m0/s1. The van der Waals surface area contributed by atoms with E-state index in [-0.39, 0.29) is 38.0 Å². The van der Waals surface area contributed by atoms with E-state index in [0.29, 0.717) is 0 Å². The van der Waals surface area contributed by atoms with Gasteiger partial charge >= 0.3 is 11.9 Å². The summed E-state index contributed by atoms with van der Waals surface area (Å²) in [6.07, 6.45) is 2.40. The van der Waals surface area contributed by atoms with Crippen molar-refractivity contribution < 1.29 is 94.2 Å². The fourth-order valence-electron chi connectivity index (χ4n) is 8.56. The molecule has 21 nitrogen and oxygen atoms in total. The molecule has 72 heavy (non-hydrogen) atoms. The second kappa shape index (κ2) is 31.0. The Morgan fingerprint density at radius 2 is 1.28 bits per heavy atom. The molecule has 408 valence electrons. The Morgan fingerprint density at radius 3 is 1.86 bits per heavy atom. The molecule has 0 spiro atoms. The number of aliphatic hydroxyl groups excluding tert-OH is 10. The second-order valence-corrected chi connectivity index (χ2v) is 19.0.